The van der Waals surface area contributed by atoms with E-state index in [0.29, 0.717) is 0 Å². The van der Waals surface area contributed by atoms with Gasteiger partial charge in [0.2, 0.25) is 0 Å². The predicted octanol–water partition coefficient (Wildman–Crippen LogP) is 11.5. The molecule has 0 unspecified atom stereocenters. The van der Waals surface area contributed by atoms with Crippen molar-refractivity contribution in [1.29, 1.82) is 0 Å². The third-order valence-corrected chi connectivity index (χ3v) is 19.3. The molecule has 0 aromatic heterocycles. The summed E-state index contributed by atoms with van der Waals surface area (Å²) in [6.45, 7) is 26.7. The van der Waals surface area contributed by atoms with Crippen LogP contribution in [0.15, 0.2) is 152 Å². The first-order chi connectivity index (χ1) is 28.9. The standard InChI is InChI=1S/C55H58BN3Si2/c1-54(2,3)37-32-38(55(4,5)6)34-42(33-37)59-46-25-19-27-50-53(46)56-51-47(35-43(36-48(51)59)57(39-20-14-12-15-21-39)40-22-16-13-17-23-40)58(41-28-30-44(31-29-41)60(7,8)9)45-24-18-26-49(52(45)56)61(50,10)11/h12-36H,1-11H3. The Morgan fingerprint density at radius 3 is 1.36 bits per heavy atom. The number of rotatable bonds is 6. The number of benzene rings is 7. The zero-order chi connectivity index (χ0) is 42.8. The third-order valence-electron chi connectivity index (χ3n) is 13.7. The van der Waals surface area contributed by atoms with Crippen molar-refractivity contribution in [2.45, 2.75) is 85.1 Å². The average molecular weight is 828 g/mol. The lowest BCUT2D eigenvalue weighted by Crippen LogP contribution is -2.79. The van der Waals surface area contributed by atoms with E-state index < -0.39 is 16.1 Å². The fourth-order valence-electron chi connectivity index (χ4n) is 10.3. The van der Waals surface area contributed by atoms with Crippen LogP contribution in [0, 0.1) is 0 Å². The number of hydrogen-bond donors (Lipinski definition) is 0. The van der Waals surface area contributed by atoms with Crippen LogP contribution < -0.4 is 46.6 Å². The summed E-state index contributed by atoms with van der Waals surface area (Å²) >= 11 is 0. The topological polar surface area (TPSA) is 9.72 Å². The molecule has 0 N–H and O–H groups in total. The minimum Gasteiger partial charge on any atom is -0.311 e. The fourth-order valence-corrected chi connectivity index (χ4v) is 14.7. The molecule has 0 spiro atoms. The van der Waals surface area contributed by atoms with E-state index in [9.17, 15) is 0 Å². The highest BCUT2D eigenvalue weighted by atomic mass is 28.3. The smallest absolute Gasteiger partial charge is 0.251 e. The van der Waals surface area contributed by atoms with Crippen LogP contribution in [0.2, 0.25) is 32.7 Å². The normalized spacial score (nSPS) is 14.8. The van der Waals surface area contributed by atoms with E-state index >= 15 is 0 Å². The van der Waals surface area contributed by atoms with E-state index in [1.165, 1.54) is 66.8 Å². The summed E-state index contributed by atoms with van der Waals surface area (Å²) in [5.74, 6) is 0. The van der Waals surface area contributed by atoms with Gasteiger partial charge in [0.05, 0.1) is 13.8 Å². The third kappa shape index (κ3) is 6.28. The van der Waals surface area contributed by atoms with Gasteiger partial charge in [0, 0.05) is 45.5 Å². The van der Waals surface area contributed by atoms with Crippen molar-refractivity contribution in [3.63, 3.8) is 0 Å². The van der Waals surface area contributed by atoms with Gasteiger partial charge in [0.15, 0.2) is 0 Å². The van der Waals surface area contributed by atoms with Gasteiger partial charge < -0.3 is 14.7 Å². The van der Waals surface area contributed by atoms with Crippen molar-refractivity contribution in [3.05, 3.63) is 163 Å². The van der Waals surface area contributed by atoms with E-state index in [4.69, 9.17) is 0 Å². The minimum atomic E-state index is -2.16. The van der Waals surface area contributed by atoms with Crippen LogP contribution in [0.25, 0.3) is 0 Å². The van der Waals surface area contributed by atoms with E-state index in [1.54, 1.807) is 10.4 Å². The first-order valence-electron chi connectivity index (χ1n) is 22.1. The van der Waals surface area contributed by atoms with Gasteiger partial charge in [0.1, 0.15) is 8.07 Å². The molecule has 0 radical (unpaired) electrons. The molecule has 0 atom stereocenters. The molecule has 0 saturated carbocycles. The van der Waals surface area contributed by atoms with Gasteiger partial charge in [-0.05, 0) is 111 Å². The Bertz CT molecular complexity index is 2780. The molecule has 0 fully saturated rings. The highest BCUT2D eigenvalue weighted by molar-refractivity contribution is 7.16. The molecule has 10 rings (SSSR count). The second-order valence-corrected chi connectivity index (χ2v) is 30.6. The molecule has 0 bridgehead atoms. The summed E-state index contributed by atoms with van der Waals surface area (Å²) < 4.78 is 0. The van der Waals surface area contributed by atoms with Crippen LogP contribution in [0.3, 0.4) is 0 Å². The molecule has 3 heterocycles. The number of anilines is 9. The predicted molar refractivity (Wildman–Crippen MR) is 272 cm³/mol. The minimum absolute atomic E-state index is 0.0369. The molecular weight excluding hydrogens is 770 g/mol. The van der Waals surface area contributed by atoms with Gasteiger partial charge in [-0.15, -0.1) is 0 Å². The van der Waals surface area contributed by atoms with Gasteiger partial charge in [0.25, 0.3) is 6.71 Å². The molecule has 3 nitrogen and oxygen atoms in total. The monoisotopic (exact) mass is 827 g/mol. The molecule has 61 heavy (non-hydrogen) atoms. The Morgan fingerprint density at radius 1 is 0.459 bits per heavy atom. The maximum Gasteiger partial charge on any atom is 0.251 e. The summed E-state index contributed by atoms with van der Waals surface area (Å²) in [6, 6.07) is 58.3. The van der Waals surface area contributed by atoms with Crippen molar-refractivity contribution >= 4 is 106 Å². The Kier molecular flexibility index (Phi) is 8.90. The molecule has 6 heteroatoms. The Balaban J connectivity index is 1.36. The summed E-state index contributed by atoms with van der Waals surface area (Å²) in [6.07, 6.45) is 0. The van der Waals surface area contributed by atoms with Crippen molar-refractivity contribution in [2.75, 3.05) is 14.7 Å². The van der Waals surface area contributed by atoms with Crippen LogP contribution in [-0.2, 0) is 10.8 Å². The molecular formula is C55H58BN3Si2. The van der Waals surface area contributed by atoms with Gasteiger partial charge in [-0.25, -0.2) is 0 Å². The Morgan fingerprint density at radius 2 is 0.918 bits per heavy atom. The van der Waals surface area contributed by atoms with Crippen LogP contribution in [0.5, 0.6) is 0 Å². The molecule has 7 aromatic carbocycles. The summed E-state index contributed by atoms with van der Waals surface area (Å²) in [4.78, 5) is 7.72. The van der Waals surface area contributed by atoms with Gasteiger partial charge in [-0.3, -0.25) is 0 Å². The van der Waals surface area contributed by atoms with Gasteiger partial charge in [-0.1, -0.05) is 169 Å². The second-order valence-electron chi connectivity index (χ2n) is 21.2. The lowest BCUT2D eigenvalue weighted by atomic mass is 9.33. The molecule has 3 aliphatic rings. The lowest BCUT2D eigenvalue weighted by molar-refractivity contribution is 0.569. The lowest BCUT2D eigenvalue weighted by Gasteiger charge is -2.50. The van der Waals surface area contributed by atoms with Gasteiger partial charge in [-0.2, -0.15) is 0 Å². The summed E-state index contributed by atoms with van der Waals surface area (Å²) in [7, 11) is -3.69. The Hall–Kier alpha value is -5.56. The number of nitrogens with zero attached hydrogens (tertiary/aromatic N) is 3. The summed E-state index contributed by atoms with van der Waals surface area (Å²) in [5, 5.41) is 4.58. The second kappa shape index (κ2) is 13.7. The maximum atomic E-state index is 2.66. The number of hydrogen-bond acceptors (Lipinski definition) is 3. The van der Waals surface area contributed by atoms with Gasteiger partial charge >= 0.3 is 0 Å². The molecule has 0 aliphatic carbocycles. The summed E-state index contributed by atoms with van der Waals surface area (Å²) in [5.41, 5.74) is 18.0. The number of para-hydroxylation sites is 2. The molecule has 7 aromatic rings. The first-order valence-corrected chi connectivity index (χ1v) is 28.6. The molecule has 0 amide bonds. The average Bonchev–Trinajstić information content (AvgIpc) is 3.22. The van der Waals surface area contributed by atoms with Crippen molar-refractivity contribution in [2.24, 2.45) is 0 Å². The zero-order valence-electron chi connectivity index (χ0n) is 37.9. The zero-order valence-corrected chi connectivity index (χ0v) is 39.9. The maximum absolute atomic E-state index is 2.66. The first kappa shape index (κ1) is 39.6. The van der Waals surface area contributed by atoms with E-state index in [-0.39, 0.29) is 17.5 Å². The highest BCUT2D eigenvalue weighted by Gasteiger charge is 2.52. The fraction of sp³-hybridized carbons (Fsp3) is 0.236. The van der Waals surface area contributed by atoms with Crippen molar-refractivity contribution in [1.82, 2.24) is 0 Å². The van der Waals surface area contributed by atoms with Crippen molar-refractivity contribution < 1.29 is 0 Å². The van der Waals surface area contributed by atoms with E-state index in [1.807, 2.05) is 0 Å². The van der Waals surface area contributed by atoms with Crippen molar-refractivity contribution in [3.8, 4) is 0 Å². The van der Waals surface area contributed by atoms with Crippen LogP contribution >= 0.6 is 0 Å². The van der Waals surface area contributed by atoms with E-state index in [2.05, 4.69) is 241 Å². The highest BCUT2D eigenvalue weighted by Crippen LogP contribution is 2.49. The van der Waals surface area contributed by atoms with E-state index in [0.717, 1.165) is 17.1 Å². The molecule has 0 saturated heterocycles. The molecule has 3 aliphatic heterocycles. The van der Waals surface area contributed by atoms with Crippen LogP contribution in [-0.4, -0.2) is 22.9 Å². The molecule has 304 valence electrons. The Labute approximate surface area is 366 Å². The largest absolute Gasteiger partial charge is 0.311 e. The quantitative estimate of drug-likeness (QED) is 0.155. The van der Waals surface area contributed by atoms with Crippen LogP contribution in [0.1, 0.15) is 52.7 Å². The SMILES string of the molecule is CC(C)(C)c1cc(N2c3cc(N(c4ccccc4)c4ccccc4)cc4c3B3c5c(cccc5[Si](C)(C)c5cccc2c53)N4c2ccc([Si](C)(C)C)cc2)cc(C(C)(C)C)c1. The van der Waals surface area contributed by atoms with Crippen LogP contribution in [0.4, 0.5) is 51.2 Å².